The molecular weight excluding hydrogens is 358 g/mol. The summed E-state index contributed by atoms with van der Waals surface area (Å²) in [6.07, 6.45) is 0. The number of aryl methyl sites for hydroxylation is 1. The van der Waals surface area contributed by atoms with Gasteiger partial charge in [0.05, 0.1) is 5.02 Å². The van der Waals surface area contributed by atoms with Crippen molar-refractivity contribution in [1.82, 2.24) is 10.2 Å². The van der Waals surface area contributed by atoms with Crippen LogP contribution in [0.2, 0.25) is 5.02 Å². The van der Waals surface area contributed by atoms with Gasteiger partial charge in [0.2, 0.25) is 5.13 Å². The molecule has 2 heterocycles. The number of nitrogens with zero attached hydrogens (tertiary/aromatic N) is 2. The van der Waals surface area contributed by atoms with Gasteiger partial charge in [0.15, 0.2) is 4.34 Å². The number of halogens is 1. The number of anilines is 1. The molecular formula is C14H12ClN3OS3. The van der Waals surface area contributed by atoms with Crippen LogP contribution < -0.4 is 5.32 Å². The second kappa shape index (κ2) is 6.54. The van der Waals surface area contributed by atoms with Gasteiger partial charge in [-0.25, -0.2) is 0 Å². The number of fused-ring (bicyclic) bond motifs is 1. The minimum atomic E-state index is -0.243. The fraction of sp³-hybridized carbons (Fsp3) is 0.214. The maximum absolute atomic E-state index is 12.4. The van der Waals surface area contributed by atoms with Gasteiger partial charge >= 0.3 is 0 Å². The van der Waals surface area contributed by atoms with E-state index in [0.717, 1.165) is 25.7 Å². The molecule has 114 valence electrons. The minimum absolute atomic E-state index is 0.243. The maximum Gasteiger partial charge on any atom is 0.269 e. The van der Waals surface area contributed by atoms with E-state index >= 15 is 0 Å². The van der Waals surface area contributed by atoms with Crippen LogP contribution in [0.15, 0.2) is 22.5 Å². The topological polar surface area (TPSA) is 54.9 Å². The van der Waals surface area contributed by atoms with Crippen molar-refractivity contribution < 1.29 is 4.79 Å². The highest BCUT2D eigenvalue weighted by molar-refractivity contribution is 8.01. The number of amides is 1. The summed E-state index contributed by atoms with van der Waals surface area (Å²) in [7, 11) is 0. The van der Waals surface area contributed by atoms with Gasteiger partial charge in [-0.2, -0.15) is 0 Å². The van der Waals surface area contributed by atoms with Crippen molar-refractivity contribution in [3.05, 3.63) is 33.7 Å². The highest BCUT2D eigenvalue weighted by Crippen LogP contribution is 2.36. The van der Waals surface area contributed by atoms with Crippen LogP contribution in [0.3, 0.4) is 0 Å². The summed E-state index contributed by atoms with van der Waals surface area (Å²) in [4.78, 5) is 12.9. The maximum atomic E-state index is 12.4. The molecule has 1 N–H and O–H groups in total. The Bertz CT molecular complexity index is 843. The smallest absolute Gasteiger partial charge is 0.269 e. The van der Waals surface area contributed by atoms with Gasteiger partial charge in [-0.1, -0.05) is 53.8 Å². The van der Waals surface area contributed by atoms with Gasteiger partial charge < -0.3 is 0 Å². The van der Waals surface area contributed by atoms with Gasteiger partial charge in [0.25, 0.3) is 5.91 Å². The van der Waals surface area contributed by atoms with E-state index in [9.17, 15) is 4.79 Å². The average molecular weight is 370 g/mol. The first-order chi connectivity index (χ1) is 10.6. The molecule has 3 rings (SSSR count). The second-order valence-corrected chi connectivity index (χ2v) is 8.42. The Labute approximate surface area is 144 Å². The standard InChI is InChI=1S/C14H12ClN3OS3/c1-3-20-14-18-17-13(22-14)16-12(19)11-10(15)8-5-4-7(2)6-9(8)21-11/h4-6H,3H2,1-2H3,(H,16,17,19). The zero-order valence-corrected chi connectivity index (χ0v) is 15.0. The summed E-state index contributed by atoms with van der Waals surface area (Å²) >= 11 is 10.7. The molecule has 0 aliphatic carbocycles. The molecule has 0 unspecified atom stereocenters. The molecule has 0 aliphatic rings. The number of hydrogen-bond acceptors (Lipinski definition) is 6. The number of hydrogen-bond donors (Lipinski definition) is 1. The van der Waals surface area contributed by atoms with E-state index in [1.54, 1.807) is 11.8 Å². The first-order valence-corrected chi connectivity index (χ1v) is 9.54. The molecule has 0 fully saturated rings. The number of rotatable bonds is 4. The molecule has 1 amide bonds. The van der Waals surface area contributed by atoms with Crippen LogP contribution in [-0.4, -0.2) is 21.9 Å². The highest BCUT2D eigenvalue weighted by Gasteiger charge is 2.18. The summed E-state index contributed by atoms with van der Waals surface area (Å²) in [5, 5.41) is 12.7. The van der Waals surface area contributed by atoms with E-state index in [2.05, 4.69) is 15.5 Å². The fourth-order valence-corrected chi connectivity index (χ4v) is 5.07. The van der Waals surface area contributed by atoms with Crippen molar-refractivity contribution in [2.45, 2.75) is 18.2 Å². The molecule has 1 aromatic carbocycles. The molecule has 0 saturated heterocycles. The summed E-state index contributed by atoms with van der Waals surface area (Å²) in [5.41, 5.74) is 1.14. The van der Waals surface area contributed by atoms with E-state index < -0.39 is 0 Å². The minimum Gasteiger partial charge on any atom is -0.296 e. The van der Waals surface area contributed by atoms with Crippen LogP contribution >= 0.6 is 46.0 Å². The Hall–Kier alpha value is -1.15. The first kappa shape index (κ1) is 15.7. The normalized spacial score (nSPS) is 11.0. The van der Waals surface area contributed by atoms with Crippen LogP contribution in [0.25, 0.3) is 10.1 Å². The average Bonchev–Trinajstić information content (AvgIpc) is 3.04. The molecule has 0 aliphatic heterocycles. The molecule has 0 atom stereocenters. The number of benzene rings is 1. The number of aromatic nitrogens is 2. The third kappa shape index (κ3) is 3.12. The zero-order valence-electron chi connectivity index (χ0n) is 11.8. The lowest BCUT2D eigenvalue weighted by Gasteiger charge is -1.98. The molecule has 2 aromatic heterocycles. The molecule has 0 saturated carbocycles. The van der Waals surface area contributed by atoms with Crippen molar-refractivity contribution in [3.8, 4) is 0 Å². The number of carbonyl (C=O) groups is 1. The molecule has 22 heavy (non-hydrogen) atoms. The molecule has 0 radical (unpaired) electrons. The zero-order chi connectivity index (χ0) is 15.7. The predicted molar refractivity (Wildman–Crippen MR) is 95.8 cm³/mol. The Morgan fingerprint density at radius 2 is 2.18 bits per heavy atom. The molecule has 0 spiro atoms. The first-order valence-electron chi connectivity index (χ1n) is 6.54. The van der Waals surface area contributed by atoms with E-state index in [-0.39, 0.29) is 5.91 Å². The number of thiophene rings is 1. The largest absolute Gasteiger partial charge is 0.296 e. The Balaban J connectivity index is 1.86. The van der Waals surface area contributed by atoms with Gasteiger partial charge in [-0.15, -0.1) is 21.5 Å². The summed E-state index contributed by atoms with van der Waals surface area (Å²) in [6.45, 7) is 4.06. The van der Waals surface area contributed by atoms with Crippen molar-refractivity contribution in [3.63, 3.8) is 0 Å². The van der Waals surface area contributed by atoms with Crippen LogP contribution in [0.4, 0.5) is 5.13 Å². The third-order valence-corrected chi connectivity index (χ3v) is 6.40. The summed E-state index contributed by atoms with van der Waals surface area (Å²) < 4.78 is 1.85. The SMILES string of the molecule is CCSc1nnc(NC(=O)c2sc3cc(C)ccc3c2Cl)s1. The Morgan fingerprint density at radius 1 is 1.36 bits per heavy atom. The lowest BCUT2D eigenvalue weighted by atomic mass is 10.2. The second-order valence-electron chi connectivity index (χ2n) is 4.51. The number of carbonyl (C=O) groups excluding carboxylic acids is 1. The molecule has 3 aromatic rings. The van der Waals surface area contributed by atoms with Crippen LogP contribution in [0.5, 0.6) is 0 Å². The van der Waals surface area contributed by atoms with Crippen LogP contribution in [0, 0.1) is 6.92 Å². The van der Waals surface area contributed by atoms with E-state index in [4.69, 9.17) is 11.6 Å². The van der Waals surface area contributed by atoms with Crippen molar-refractivity contribution in [1.29, 1.82) is 0 Å². The number of nitrogens with one attached hydrogen (secondary N) is 1. The number of thioether (sulfide) groups is 1. The predicted octanol–water partition coefficient (Wildman–Crippen LogP) is 5.08. The van der Waals surface area contributed by atoms with Gasteiger partial charge in [0.1, 0.15) is 4.88 Å². The Kier molecular flexibility index (Phi) is 4.67. The highest BCUT2D eigenvalue weighted by atomic mass is 35.5. The van der Waals surface area contributed by atoms with E-state index in [0.29, 0.717) is 15.0 Å². The van der Waals surface area contributed by atoms with Gasteiger partial charge in [-0.05, 0) is 24.3 Å². The molecule has 0 bridgehead atoms. The molecule has 8 heteroatoms. The van der Waals surface area contributed by atoms with Crippen molar-refractivity contribution in [2.75, 3.05) is 11.1 Å². The fourth-order valence-electron chi connectivity index (χ4n) is 1.91. The Morgan fingerprint density at radius 3 is 2.95 bits per heavy atom. The molecule has 4 nitrogen and oxygen atoms in total. The van der Waals surface area contributed by atoms with Gasteiger partial charge in [-0.3, -0.25) is 10.1 Å². The van der Waals surface area contributed by atoms with Crippen LogP contribution in [0.1, 0.15) is 22.2 Å². The van der Waals surface area contributed by atoms with Crippen LogP contribution in [-0.2, 0) is 0 Å². The van der Waals surface area contributed by atoms with Crippen molar-refractivity contribution in [2.24, 2.45) is 0 Å². The van der Waals surface area contributed by atoms with Crippen molar-refractivity contribution >= 4 is 67.2 Å². The quantitative estimate of drug-likeness (QED) is 0.514. The van der Waals surface area contributed by atoms with E-state index in [1.807, 2.05) is 32.0 Å². The summed E-state index contributed by atoms with van der Waals surface area (Å²) in [6, 6.07) is 5.96. The van der Waals surface area contributed by atoms with Gasteiger partial charge in [0, 0.05) is 10.1 Å². The van der Waals surface area contributed by atoms with E-state index in [1.165, 1.54) is 22.7 Å². The third-order valence-electron chi connectivity index (χ3n) is 2.89. The monoisotopic (exact) mass is 369 g/mol. The lowest BCUT2D eigenvalue weighted by Crippen LogP contribution is -2.10. The summed E-state index contributed by atoms with van der Waals surface area (Å²) in [5.74, 6) is 0.678. The lowest BCUT2D eigenvalue weighted by molar-refractivity contribution is 0.103.